The summed E-state index contributed by atoms with van der Waals surface area (Å²) in [6.07, 6.45) is 8.69. The molecule has 3 atom stereocenters. The Labute approximate surface area is 340 Å². The normalized spacial score (nSPS) is 26.3. The molecule has 5 aliphatic heterocycles. The van der Waals surface area contributed by atoms with E-state index in [1.54, 1.807) is 42.7 Å². The molecule has 15 nitrogen and oxygen atoms in total. The molecule has 1 saturated carbocycles. The van der Waals surface area contributed by atoms with Crippen LogP contribution in [0.15, 0.2) is 48.8 Å². The summed E-state index contributed by atoms with van der Waals surface area (Å²) in [6.45, 7) is 5.50. The number of anilines is 2. The number of imide groups is 2. The molecule has 0 spiro atoms. The van der Waals surface area contributed by atoms with Gasteiger partial charge in [-0.1, -0.05) is 11.6 Å². The summed E-state index contributed by atoms with van der Waals surface area (Å²) < 4.78 is 6.08. The smallest absolute Gasteiger partial charge is 0.271 e. The summed E-state index contributed by atoms with van der Waals surface area (Å²) in [5.41, 5.74) is 2.24. The van der Waals surface area contributed by atoms with Crippen LogP contribution in [0.4, 0.5) is 11.5 Å². The fourth-order valence-electron chi connectivity index (χ4n) is 9.69. The van der Waals surface area contributed by atoms with Crippen molar-refractivity contribution < 1.29 is 28.7 Å². The molecule has 58 heavy (non-hydrogen) atoms. The number of aromatic nitrogens is 2. The molecule has 0 bridgehead atoms. The number of hydrogen-bond donors (Lipinski definition) is 2. The van der Waals surface area contributed by atoms with Crippen LogP contribution in [0.25, 0.3) is 0 Å². The molecule has 9 rings (SSSR count). The standard InChI is InChI=1S/C42H44ClN9O6/c43-34-16-31(5-1-24(34)17-44)58-30-6-2-27(3-7-30)47-39(54)35-18-46-37(19-45-35)49-13-11-28(12-14-49)50-20-25-22-51(23-26(25)21-50)29-4-8-32-33(15-29)42(57)52(41(32)56)36-9-10-38(53)48-40(36)55/h1,4-5,8,15-16,18-19,25-28,30,36H,2-3,6-7,9-14,20-23H2,(H,47,54)(H,48,53,55)/t25?,26?,27-,30-,36?. The Morgan fingerprint density at radius 2 is 1.59 bits per heavy atom. The van der Waals surface area contributed by atoms with Crippen LogP contribution in [-0.2, 0) is 9.59 Å². The molecule has 2 N–H and O–H groups in total. The largest absolute Gasteiger partial charge is 0.490 e. The zero-order chi connectivity index (χ0) is 40.1. The van der Waals surface area contributed by atoms with Crippen LogP contribution in [0.5, 0.6) is 5.75 Å². The number of benzene rings is 2. The molecule has 5 fully saturated rings. The van der Waals surface area contributed by atoms with Gasteiger partial charge in [0.1, 0.15) is 29.4 Å². The van der Waals surface area contributed by atoms with Crippen molar-refractivity contribution in [2.24, 2.45) is 11.8 Å². The number of piperidine rings is 2. The molecular formula is C42H44ClN9O6. The number of rotatable bonds is 8. The minimum atomic E-state index is -0.974. The van der Waals surface area contributed by atoms with Crippen LogP contribution in [0, 0.1) is 23.2 Å². The fourth-order valence-corrected chi connectivity index (χ4v) is 9.91. The molecule has 3 aromatic rings. The van der Waals surface area contributed by atoms with E-state index < -0.39 is 29.7 Å². The molecule has 1 aromatic heterocycles. The van der Waals surface area contributed by atoms with Gasteiger partial charge in [-0.3, -0.25) is 39.1 Å². The number of fused-ring (bicyclic) bond motifs is 2. The topological polar surface area (TPSA) is 181 Å². The van der Waals surface area contributed by atoms with Crippen molar-refractivity contribution >= 4 is 52.6 Å². The second kappa shape index (κ2) is 15.6. The SMILES string of the molecule is N#Cc1ccc(O[C@H]2CC[C@H](NC(=O)c3cnc(N4CCC(N5CC6CN(c7ccc8c(c7)C(=O)N(C7CCC(=O)NC7=O)C8=O)CC6C5)CC4)cn3)CC2)cc1Cl. The molecule has 3 unspecified atom stereocenters. The highest BCUT2D eigenvalue weighted by Crippen LogP contribution is 2.38. The van der Waals surface area contributed by atoms with E-state index in [0.717, 1.165) is 94.2 Å². The number of amides is 5. The maximum atomic E-state index is 13.4. The van der Waals surface area contributed by atoms with Crippen molar-refractivity contribution in [3.8, 4) is 11.8 Å². The lowest BCUT2D eigenvalue weighted by Gasteiger charge is -2.37. The van der Waals surface area contributed by atoms with Gasteiger partial charge < -0.3 is 19.9 Å². The van der Waals surface area contributed by atoms with E-state index in [9.17, 15) is 24.0 Å². The number of nitrogens with one attached hydrogen (secondary N) is 2. The molecule has 1 aliphatic carbocycles. The van der Waals surface area contributed by atoms with Crippen LogP contribution in [-0.4, -0.2) is 113 Å². The summed E-state index contributed by atoms with van der Waals surface area (Å²) in [7, 11) is 0. The van der Waals surface area contributed by atoms with Gasteiger partial charge in [0.2, 0.25) is 11.8 Å². The summed E-state index contributed by atoms with van der Waals surface area (Å²) in [5.74, 6) is 0.234. The number of halogens is 1. The van der Waals surface area contributed by atoms with Gasteiger partial charge in [0, 0.05) is 69.5 Å². The number of nitrogens with zero attached hydrogens (tertiary/aromatic N) is 7. The molecule has 16 heteroatoms. The Hall–Kier alpha value is -5.59. The summed E-state index contributed by atoms with van der Waals surface area (Å²) in [4.78, 5) is 81.0. The van der Waals surface area contributed by atoms with Crippen LogP contribution in [0.3, 0.4) is 0 Å². The second-order valence-corrected chi connectivity index (χ2v) is 16.8. The summed E-state index contributed by atoms with van der Waals surface area (Å²) in [5, 5.41) is 14.8. The zero-order valence-corrected chi connectivity index (χ0v) is 32.7. The molecule has 5 amide bonds. The molecule has 6 aliphatic rings. The first-order valence-electron chi connectivity index (χ1n) is 20.2. The van der Waals surface area contributed by atoms with Gasteiger partial charge in [0.05, 0.1) is 40.2 Å². The van der Waals surface area contributed by atoms with E-state index >= 15 is 0 Å². The molecule has 300 valence electrons. The highest BCUT2D eigenvalue weighted by Gasteiger charge is 2.46. The molecule has 6 heterocycles. The maximum Gasteiger partial charge on any atom is 0.271 e. The van der Waals surface area contributed by atoms with E-state index in [-0.39, 0.29) is 30.9 Å². The summed E-state index contributed by atoms with van der Waals surface area (Å²) in [6, 6.07) is 12.1. The number of nitriles is 1. The van der Waals surface area contributed by atoms with Crippen LogP contribution in [0.2, 0.25) is 5.02 Å². The average Bonchev–Trinajstić information content (AvgIpc) is 3.89. The lowest BCUT2D eigenvalue weighted by atomic mass is 9.93. The van der Waals surface area contributed by atoms with Gasteiger partial charge in [-0.2, -0.15) is 5.26 Å². The Bertz CT molecular complexity index is 2180. The Morgan fingerprint density at radius 1 is 0.845 bits per heavy atom. The third-order valence-corrected chi connectivity index (χ3v) is 13.2. The molecule has 0 radical (unpaired) electrons. The Kier molecular flexibility index (Phi) is 10.2. The van der Waals surface area contributed by atoms with Gasteiger partial charge in [-0.25, -0.2) is 9.97 Å². The van der Waals surface area contributed by atoms with E-state index in [1.165, 1.54) is 0 Å². The lowest BCUT2D eigenvalue weighted by Crippen LogP contribution is -2.54. The quantitative estimate of drug-likeness (QED) is 0.317. The fraction of sp³-hybridized carbons (Fsp3) is 0.476. The van der Waals surface area contributed by atoms with Crippen molar-refractivity contribution in [2.75, 3.05) is 49.1 Å². The predicted molar refractivity (Wildman–Crippen MR) is 211 cm³/mol. The Morgan fingerprint density at radius 3 is 2.26 bits per heavy atom. The second-order valence-electron chi connectivity index (χ2n) is 16.4. The number of hydrogen-bond acceptors (Lipinski definition) is 12. The van der Waals surface area contributed by atoms with Crippen LogP contribution >= 0.6 is 11.6 Å². The minimum Gasteiger partial charge on any atom is -0.490 e. The highest BCUT2D eigenvalue weighted by atomic mass is 35.5. The van der Waals surface area contributed by atoms with Crippen LogP contribution in [0.1, 0.15) is 88.1 Å². The van der Waals surface area contributed by atoms with Gasteiger partial charge in [0.25, 0.3) is 17.7 Å². The summed E-state index contributed by atoms with van der Waals surface area (Å²) >= 11 is 6.15. The number of carbonyl (C=O) groups excluding carboxylic acids is 5. The average molecular weight is 806 g/mol. The Balaban J connectivity index is 0.717. The first-order chi connectivity index (χ1) is 28.1. The molecule has 2 aromatic carbocycles. The van der Waals surface area contributed by atoms with E-state index in [2.05, 4.69) is 41.4 Å². The number of likely N-dealkylation sites (tertiary alicyclic amines) is 1. The third kappa shape index (κ3) is 7.35. The van der Waals surface area contributed by atoms with Gasteiger partial charge in [-0.15, -0.1) is 0 Å². The first kappa shape index (κ1) is 38.0. The van der Waals surface area contributed by atoms with Crippen molar-refractivity contribution in [3.63, 3.8) is 0 Å². The van der Waals surface area contributed by atoms with Crippen molar-refractivity contribution in [1.29, 1.82) is 5.26 Å². The minimum absolute atomic E-state index is 0.0185. The monoisotopic (exact) mass is 805 g/mol. The van der Waals surface area contributed by atoms with Crippen molar-refractivity contribution in [3.05, 3.63) is 76.2 Å². The van der Waals surface area contributed by atoms with E-state index in [0.29, 0.717) is 51.0 Å². The maximum absolute atomic E-state index is 13.4. The van der Waals surface area contributed by atoms with Gasteiger partial charge >= 0.3 is 0 Å². The number of ether oxygens (including phenoxy) is 1. The number of carbonyl (C=O) groups is 5. The van der Waals surface area contributed by atoms with Gasteiger partial charge in [0.15, 0.2) is 0 Å². The van der Waals surface area contributed by atoms with E-state index in [4.69, 9.17) is 21.6 Å². The molecular weight excluding hydrogens is 762 g/mol. The predicted octanol–water partition coefficient (Wildman–Crippen LogP) is 3.56. The van der Waals surface area contributed by atoms with Crippen molar-refractivity contribution in [2.45, 2.75) is 75.6 Å². The molecule has 4 saturated heterocycles. The lowest BCUT2D eigenvalue weighted by molar-refractivity contribution is -0.136. The zero-order valence-electron chi connectivity index (χ0n) is 31.9. The third-order valence-electron chi connectivity index (χ3n) is 12.9. The van der Waals surface area contributed by atoms with Crippen LogP contribution < -0.4 is 25.2 Å². The van der Waals surface area contributed by atoms with E-state index in [1.807, 2.05) is 6.07 Å². The highest BCUT2D eigenvalue weighted by molar-refractivity contribution is 6.31. The first-order valence-corrected chi connectivity index (χ1v) is 20.6. The van der Waals surface area contributed by atoms with Crippen molar-refractivity contribution in [1.82, 2.24) is 30.4 Å². The van der Waals surface area contributed by atoms with Gasteiger partial charge in [-0.05, 0) is 87.1 Å².